The quantitative estimate of drug-likeness (QED) is 0.469. The van der Waals surface area contributed by atoms with Crippen molar-refractivity contribution in [1.29, 1.82) is 0 Å². The molecule has 0 N–H and O–H groups in total. The Bertz CT molecular complexity index is 583. The van der Waals surface area contributed by atoms with Crippen LogP contribution in [0.1, 0.15) is 25.8 Å². The number of nitro groups is 1. The summed E-state index contributed by atoms with van der Waals surface area (Å²) in [6.07, 6.45) is 1.03. The average Bonchev–Trinajstić information content (AvgIpc) is 2.48. The highest BCUT2D eigenvalue weighted by molar-refractivity contribution is 7.48. The minimum Gasteiger partial charge on any atom is -0.258 e. The lowest BCUT2D eigenvalue weighted by molar-refractivity contribution is -0.384. The lowest BCUT2D eigenvalue weighted by Crippen LogP contribution is -2.18. The number of hydrogen-bond acceptors (Lipinski definition) is 2. The monoisotopic (exact) mass is 287 g/mol. The third kappa shape index (κ3) is 3.23. The molecule has 2 aromatic rings. The van der Waals surface area contributed by atoms with Crippen molar-refractivity contribution >= 4 is 19.6 Å². The predicted molar refractivity (Wildman–Crippen MR) is 85.1 cm³/mol. The summed E-state index contributed by atoms with van der Waals surface area (Å²) in [5, 5.41) is 11.9. The molecule has 0 fully saturated rings. The van der Waals surface area contributed by atoms with Gasteiger partial charge >= 0.3 is 0 Å². The van der Waals surface area contributed by atoms with Crippen LogP contribution in [0.3, 0.4) is 0 Å². The first kappa shape index (κ1) is 14.7. The number of non-ortho nitro benzene ring substituents is 1. The van der Waals surface area contributed by atoms with E-state index in [4.69, 9.17) is 0 Å². The topological polar surface area (TPSA) is 43.1 Å². The molecule has 2 rings (SSSR count). The Morgan fingerprint density at radius 3 is 2.20 bits per heavy atom. The first-order chi connectivity index (χ1) is 9.55. The van der Waals surface area contributed by atoms with E-state index in [2.05, 4.69) is 38.1 Å². The van der Waals surface area contributed by atoms with E-state index in [0.717, 1.165) is 11.7 Å². The highest BCUT2D eigenvalue weighted by Gasteiger charge is 2.24. The molecule has 0 aliphatic carbocycles. The third-order valence-electron chi connectivity index (χ3n) is 3.62. The summed E-state index contributed by atoms with van der Waals surface area (Å²) in [4.78, 5) is 10.3. The van der Waals surface area contributed by atoms with Crippen LogP contribution in [0, 0.1) is 10.1 Å². The summed E-state index contributed by atoms with van der Waals surface area (Å²) >= 11 is 0. The van der Waals surface area contributed by atoms with E-state index in [1.807, 2.05) is 18.2 Å². The Hall–Kier alpha value is -1.73. The molecule has 0 aliphatic rings. The van der Waals surface area contributed by atoms with Crippen molar-refractivity contribution in [3.63, 3.8) is 0 Å². The van der Waals surface area contributed by atoms with E-state index in [-0.39, 0.29) is 15.8 Å². The maximum atomic E-state index is 10.7. The third-order valence-corrected chi connectivity index (χ3v) is 5.43. The van der Waals surface area contributed by atoms with Crippen molar-refractivity contribution in [1.82, 2.24) is 0 Å². The van der Waals surface area contributed by atoms with Crippen LogP contribution in [0.4, 0.5) is 5.69 Å². The fourth-order valence-corrected chi connectivity index (χ4v) is 3.61. The Morgan fingerprint density at radius 2 is 1.70 bits per heavy atom. The van der Waals surface area contributed by atoms with Crippen LogP contribution >= 0.6 is 8.58 Å². The van der Waals surface area contributed by atoms with Crippen LogP contribution in [-0.2, 0) is 5.16 Å². The Labute approximate surface area is 121 Å². The Morgan fingerprint density at radius 1 is 1.10 bits per heavy atom. The molecular weight excluding hydrogens is 269 g/mol. The van der Waals surface area contributed by atoms with Crippen LogP contribution in [0.15, 0.2) is 54.6 Å². The zero-order valence-corrected chi connectivity index (χ0v) is 12.7. The average molecular weight is 287 g/mol. The van der Waals surface area contributed by atoms with Gasteiger partial charge in [-0.2, -0.15) is 0 Å². The van der Waals surface area contributed by atoms with Crippen molar-refractivity contribution in [2.24, 2.45) is 0 Å². The molecule has 0 aromatic heterocycles. The highest BCUT2D eigenvalue weighted by atomic mass is 31.1. The standard InChI is InChI=1S/C16H18NO2P/c1-3-16(2,13-7-5-4-6-8-13)20-15-11-9-14(10-12-15)17(18)19/h4-12,20H,3H2,1-2H3. The fraction of sp³-hybridized carbons (Fsp3) is 0.250. The molecule has 3 nitrogen and oxygen atoms in total. The Balaban J connectivity index is 2.24. The van der Waals surface area contributed by atoms with Gasteiger partial charge in [0.2, 0.25) is 0 Å². The van der Waals surface area contributed by atoms with E-state index in [1.165, 1.54) is 5.56 Å². The second kappa shape index (κ2) is 6.15. The molecule has 2 unspecified atom stereocenters. The van der Waals surface area contributed by atoms with Crippen LogP contribution in [0.25, 0.3) is 0 Å². The number of rotatable bonds is 5. The fourth-order valence-electron chi connectivity index (χ4n) is 2.16. The summed E-state index contributed by atoms with van der Waals surface area (Å²) in [6, 6.07) is 17.4. The molecule has 0 aliphatic heterocycles. The molecule has 2 atom stereocenters. The van der Waals surface area contributed by atoms with Gasteiger partial charge in [-0.3, -0.25) is 10.1 Å². The minimum absolute atomic E-state index is 0.0807. The summed E-state index contributed by atoms with van der Waals surface area (Å²) in [5.74, 6) is 0. The smallest absolute Gasteiger partial charge is 0.258 e. The van der Waals surface area contributed by atoms with Crippen molar-refractivity contribution in [2.75, 3.05) is 0 Å². The van der Waals surface area contributed by atoms with Gasteiger partial charge in [-0.1, -0.05) is 52.8 Å². The molecule has 2 aromatic carbocycles. The number of nitro benzene ring substituents is 1. The van der Waals surface area contributed by atoms with Crippen molar-refractivity contribution in [2.45, 2.75) is 25.4 Å². The second-order valence-electron chi connectivity index (χ2n) is 4.98. The van der Waals surface area contributed by atoms with Gasteiger partial charge in [0, 0.05) is 17.3 Å². The largest absolute Gasteiger partial charge is 0.269 e. The van der Waals surface area contributed by atoms with Gasteiger partial charge in [-0.25, -0.2) is 0 Å². The van der Waals surface area contributed by atoms with E-state index >= 15 is 0 Å². The molecule has 0 radical (unpaired) electrons. The molecule has 20 heavy (non-hydrogen) atoms. The number of nitrogens with zero attached hydrogens (tertiary/aromatic N) is 1. The van der Waals surface area contributed by atoms with E-state index in [9.17, 15) is 10.1 Å². The van der Waals surface area contributed by atoms with Crippen molar-refractivity contribution < 1.29 is 4.92 Å². The van der Waals surface area contributed by atoms with Crippen molar-refractivity contribution in [3.8, 4) is 0 Å². The summed E-state index contributed by atoms with van der Waals surface area (Å²) in [7, 11) is 0.593. The van der Waals surface area contributed by atoms with Gasteiger partial charge in [0.15, 0.2) is 0 Å². The molecule has 0 saturated carbocycles. The highest BCUT2D eigenvalue weighted by Crippen LogP contribution is 2.43. The number of benzene rings is 2. The van der Waals surface area contributed by atoms with Crippen LogP contribution < -0.4 is 5.30 Å². The SMILES string of the molecule is CCC(C)(Pc1ccc([N+](=O)[O-])cc1)c1ccccc1. The van der Waals surface area contributed by atoms with Gasteiger partial charge in [-0.05, 0) is 29.4 Å². The molecule has 0 bridgehead atoms. The zero-order chi connectivity index (χ0) is 14.6. The summed E-state index contributed by atoms with van der Waals surface area (Å²) < 4.78 is 0. The molecule has 0 heterocycles. The van der Waals surface area contributed by atoms with Crippen molar-refractivity contribution in [3.05, 3.63) is 70.3 Å². The van der Waals surface area contributed by atoms with E-state index < -0.39 is 0 Å². The van der Waals surface area contributed by atoms with Crippen LogP contribution in [0.2, 0.25) is 0 Å². The molecule has 4 heteroatoms. The molecule has 0 amide bonds. The molecule has 104 valence electrons. The van der Waals surface area contributed by atoms with Crippen LogP contribution in [-0.4, -0.2) is 4.92 Å². The normalized spacial score (nSPS) is 14.3. The first-order valence-electron chi connectivity index (χ1n) is 6.63. The summed E-state index contributed by atoms with van der Waals surface area (Å²) in [5.41, 5.74) is 1.47. The second-order valence-corrected chi connectivity index (χ2v) is 6.91. The summed E-state index contributed by atoms with van der Waals surface area (Å²) in [6.45, 7) is 4.44. The number of hydrogen-bond donors (Lipinski definition) is 0. The molecule has 0 spiro atoms. The van der Waals surface area contributed by atoms with Gasteiger partial charge in [0.05, 0.1) is 4.92 Å². The lowest BCUT2D eigenvalue weighted by atomic mass is 9.98. The zero-order valence-electron chi connectivity index (χ0n) is 11.7. The first-order valence-corrected chi connectivity index (χ1v) is 7.63. The van der Waals surface area contributed by atoms with E-state index in [1.54, 1.807) is 12.1 Å². The molecular formula is C16H18NO2P. The Kier molecular flexibility index (Phi) is 4.51. The van der Waals surface area contributed by atoms with E-state index in [0.29, 0.717) is 8.58 Å². The maximum Gasteiger partial charge on any atom is 0.269 e. The van der Waals surface area contributed by atoms with Gasteiger partial charge in [0.25, 0.3) is 5.69 Å². The minimum atomic E-state index is -0.358. The molecule has 0 saturated heterocycles. The predicted octanol–water partition coefficient (Wildman–Crippen LogP) is 4.22. The van der Waals surface area contributed by atoms with Gasteiger partial charge in [-0.15, -0.1) is 0 Å². The van der Waals surface area contributed by atoms with Gasteiger partial charge < -0.3 is 0 Å². The lowest BCUT2D eigenvalue weighted by Gasteiger charge is -2.29. The van der Waals surface area contributed by atoms with Crippen LogP contribution in [0.5, 0.6) is 0 Å². The van der Waals surface area contributed by atoms with Gasteiger partial charge in [0.1, 0.15) is 0 Å². The maximum absolute atomic E-state index is 10.7.